The monoisotopic (exact) mass is 360 g/mol. The van der Waals surface area contributed by atoms with Crippen LogP contribution in [0.5, 0.6) is 0 Å². The average Bonchev–Trinajstić information content (AvgIpc) is 2.85. The van der Waals surface area contributed by atoms with Gasteiger partial charge in [-0.2, -0.15) is 0 Å². The first kappa shape index (κ1) is 14.7. The Balaban J connectivity index is 2.11. The molecule has 106 valence electrons. The Morgan fingerprint density at radius 2 is 2.15 bits per heavy atom. The van der Waals surface area contributed by atoms with Gasteiger partial charge >= 0.3 is 5.97 Å². The van der Waals surface area contributed by atoms with Crippen LogP contribution in [0.4, 0.5) is 0 Å². The van der Waals surface area contributed by atoms with Gasteiger partial charge in [-0.25, -0.2) is 17.9 Å². The Kier molecular flexibility index (Phi) is 4.21. The molecule has 0 aromatic carbocycles. The Morgan fingerprint density at radius 3 is 2.75 bits per heavy atom. The minimum absolute atomic E-state index is 0.00288. The van der Waals surface area contributed by atoms with Crippen LogP contribution in [0.3, 0.4) is 0 Å². The molecule has 0 atom stereocenters. The number of carboxylic acid groups (broad SMARTS) is 1. The van der Waals surface area contributed by atoms with E-state index < -0.39 is 16.0 Å². The Labute approximate surface area is 122 Å². The van der Waals surface area contributed by atoms with Crippen LogP contribution in [0.1, 0.15) is 16.3 Å². The molecule has 2 rings (SSSR count). The van der Waals surface area contributed by atoms with E-state index in [-0.39, 0.29) is 23.0 Å². The molecule has 2 aromatic heterocycles. The maximum Gasteiger partial charge on any atom is 0.371 e. The third-order valence-corrected chi connectivity index (χ3v) is 4.10. The van der Waals surface area contributed by atoms with E-state index in [9.17, 15) is 13.2 Å². The predicted octanol–water partition coefficient (Wildman–Crippen LogP) is 1.61. The molecule has 0 saturated carbocycles. The summed E-state index contributed by atoms with van der Waals surface area (Å²) in [5.74, 6) is -1.26. The van der Waals surface area contributed by atoms with Crippen LogP contribution in [0, 0.1) is 0 Å². The highest BCUT2D eigenvalue weighted by Crippen LogP contribution is 2.15. The van der Waals surface area contributed by atoms with Gasteiger partial charge in [0.1, 0.15) is 10.7 Å². The highest BCUT2D eigenvalue weighted by molar-refractivity contribution is 9.10. The van der Waals surface area contributed by atoms with E-state index in [1.807, 2.05) is 0 Å². The van der Waals surface area contributed by atoms with Gasteiger partial charge in [0.15, 0.2) is 0 Å². The summed E-state index contributed by atoms with van der Waals surface area (Å²) in [7, 11) is -3.74. The first-order valence-corrected chi connectivity index (χ1v) is 7.58. The fourth-order valence-electron chi connectivity index (χ4n) is 1.38. The summed E-state index contributed by atoms with van der Waals surface area (Å²) >= 11 is 3.13. The molecule has 0 unspecified atom stereocenters. The summed E-state index contributed by atoms with van der Waals surface area (Å²) in [5.41, 5.74) is 0. The molecule has 0 aliphatic carbocycles. The highest BCUT2D eigenvalue weighted by Gasteiger charge is 2.16. The third kappa shape index (κ3) is 3.44. The number of rotatable bonds is 5. The second-order valence-electron chi connectivity index (χ2n) is 3.73. The summed E-state index contributed by atoms with van der Waals surface area (Å²) in [6, 6.07) is 4.05. The van der Waals surface area contributed by atoms with Gasteiger partial charge in [-0.15, -0.1) is 0 Å². The number of pyridine rings is 1. The molecule has 2 N–H and O–H groups in total. The van der Waals surface area contributed by atoms with Crippen molar-refractivity contribution in [2.24, 2.45) is 0 Å². The Bertz CT molecular complexity index is 741. The van der Waals surface area contributed by atoms with Gasteiger partial charge < -0.3 is 9.52 Å². The number of furan rings is 1. The molecule has 0 radical (unpaired) electrons. The molecule has 9 heteroatoms. The maximum absolute atomic E-state index is 12.0. The van der Waals surface area contributed by atoms with Gasteiger partial charge in [0.2, 0.25) is 15.8 Å². The van der Waals surface area contributed by atoms with Crippen molar-refractivity contribution in [1.29, 1.82) is 0 Å². The molecule has 0 aliphatic heterocycles. The van der Waals surface area contributed by atoms with Crippen molar-refractivity contribution in [3.63, 3.8) is 0 Å². The molecule has 0 amide bonds. The van der Waals surface area contributed by atoms with Crippen molar-refractivity contribution in [2.75, 3.05) is 0 Å². The minimum atomic E-state index is -3.74. The van der Waals surface area contributed by atoms with E-state index in [1.165, 1.54) is 30.6 Å². The molecule has 0 fully saturated rings. The topological polar surface area (TPSA) is 110 Å². The molecule has 7 nitrogen and oxygen atoms in total. The summed E-state index contributed by atoms with van der Waals surface area (Å²) in [6.07, 6.45) is 2.67. The highest BCUT2D eigenvalue weighted by atomic mass is 79.9. The largest absolute Gasteiger partial charge is 0.475 e. The predicted molar refractivity (Wildman–Crippen MR) is 71.6 cm³/mol. The number of carboxylic acids is 1. The van der Waals surface area contributed by atoms with Crippen molar-refractivity contribution in [3.8, 4) is 0 Å². The van der Waals surface area contributed by atoms with Gasteiger partial charge in [-0.05, 0) is 34.1 Å². The van der Waals surface area contributed by atoms with Gasteiger partial charge in [-0.3, -0.25) is 4.98 Å². The molecule has 2 heterocycles. The van der Waals surface area contributed by atoms with Gasteiger partial charge in [0, 0.05) is 16.9 Å². The quantitative estimate of drug-likeness (QED) is 0.838. The van der Waals surface area contributed by atoms with Crippen molar-refractivity contribution in [2.45, 2.75) is 11.4 Å². The van der Waals surface area contributed by atoms with Crippen LogP contribution in [-0.2, 0) is 16.6 Å². The fraction of sp³-hybridized carbons (Fsp3) is 0.0909. The zero-order valence-electron chi connectivity index (χ0n) is 9.91. The van der Waals surface area contributed by atoms with Crippen molar-refractivity contribution < 1.29 is 22.7 Å². The summed E-state index contributed by atoms with van der Waals surface area (Å²) in [5, 5.41) is 8.69. The number of sulfonamides is 1. The number of hydrogen-bond donors (Lipinski definition) is 2. The average molecular weight is 361 g/mol. The van der Waals surface area contributed by atoms with Crippen molar-refractivity contribution >= 4 is 31.9 Å². The van der Waals surface area contributed by atoms with E-state index in [1.54, 1.807) is 0 Å². The summed E-state index contributed by atoms with van der Waals surface area (Å²) in [6.45, 7) is -0.151. The molecular formula is C11H9BrN2O5S. The van der Waals surface area contributed by atoms with Crippen LogP contribution in [0.25, 0.3) is 0 Å². The van der Waals surface area contributed by atoms with Crippen LogP contribution >= 0.6 is 15.9 Å². The van der Waals surface area contributed by atoms with Gasteiger partial charge in [-0.1, -0.05) is 0 Å². The number of nitrogens with one attached hydrogen (secondary N) is 1. The number of aromatic carboxylic acids is 1. The van der Waals surface area contributed by atoms with Crippen molar-refractivity contribution in [1.82, 2.24) is 9.71 Å². The van der Waals surface area contributed by atoms with Gasteiger partial charge in [0.25, 0.3) is 0 Å². The third-order valence-electron chi connectivity index (χ3n) is 2.30. The van der Waals surface area contributed by atoms with Crippen LogP contribution in [0.15, 0.2) is 44.4 Å². The van der Waals surface area contributed by atoms with E-state index in [0.29, 0.717) is 4.47 Å². The lowest BCUT2D eigenvalue weighted by Crippen LogP contribution is -2.23. The van der Waals surface area contributed by atoms with Crippen LogP contribution in [-0.4, -0.2) is 24.5 Å². The minimum Gasteiger partial charge on any atom is -0.475 e. The number of carbonyl (C=O) groups is 1. The maximum atomic E-state index is 12.0. The normalized spacial score (nSPS) is 11.4. The van der Waals surface area contributed by atoms with E-state index in [4.69, 9.17) is 9.52 Å². The molecule has 0 aliphatic rings. The molecular weight excluding hydrogens is 352 g/mol. The first-order chi connectivity index (χ1) is 9.38. The van der Waals surface area contributed by atoms with E-state index in [2.05, 4.69) is 25.6 Å². The number of nitrogens with zero attached hydrogens (tertiary/aromatic N) is 1. The Morgan fingerprint density at radius 1 is 1.40 bits per heavy atom. The van der Waals surface area contributed by atoms with E-state index >= 15 is 0 Å². The Hall–Kier alpha value is -1.71. The van der Waals surface area contributed by atoms with E-state index in [0.717, 1.165) is 0 Å². The summed E-state index contributed by atoms with van der Waals surface area (Å²) < 4.78 is 31.7. The molecule has 0 bridgehead atoms. The number of halogens is 1. The molecule has 0 spiro atoms. The lowest BCUT2D eigenvalue weighted by Gasteiger charge is -2.05. The molecule has 2 aromatic rings. The van der Waals surface area contributed by atoms with Crippen LogP contribution < -0.4 is 4.72 Å². The second kappa shape index (κ2) is 5.73. The zero-order valence-corrected chi connectivity index (χ0v) is 12.3. The van der Waals surface area contributed by atoms with Crippen LogP contribution in [0.2, 0.25) is 0 Å². The molecule has 20 heavy (non-hydrogen) atoms. The van der Waals surface area contributed by atoms with Crippen molar-refractivity contribution in [3.05, 3.63) is 46.6 Å². The first-order valence-electron chi connectivity index (χ1n) is 5.31. The van der Waals surface area contributed by atoms with Gasteiger partial charge in [0.05, 0.1) is 6.54 Å². The fourth-order valence-corrected chi connectivity index (χ4v) is 2.87. The standard InChI is InChI=1S/C11H9BrN2O5S/c12-7-3-9(6-13-4-7)20(17,18)14-5-8-1-2-10(19-8)11(15)16/h1-4,6,14H,5H2,(H,15,16). The second-order valence-corrected chi connectivity index (χ2v) is 6.42. The lowest BCUT2D eigenvalue weighted by atomic mass is 10.4. The zero-order chi connectivity index (χ0) is 14.8. The molecule has 0 saturated heterocycles. The summed E-state index contributed by atoms with van der Waals surface area (Å²) in [4.78, 5) is 14.4. The smallest absolute Gasteiger partial charge is 0.371 e. The lowest BCUT2D eigenvalue weighted by molar-refractivity contribution is 0.0660. The SMILES string of the molecule is O=C(O)c1ccc(CNS(=O)(=O)c2cncc(Br)c2)o1. The number of aromatic nitrogens is 1. The number of hydrogen-bond acceptors (Lipinski definition) is 5.